The molecule has 0 radical (unpaired) electrons. The molecule has 0 unspecified atom stereocenters. The molecule has 0 heterocycles. The summed E-state index contributed by atoms with van der Waals surface area (Å²) in [5, 5.41) is 21.3. The first-order valence-corrected chi connectivity index (χ1v) is 11.9. The Bertz CT molecular complexity index is 1260. The van der Waals surface area contributed by atoms with E-state index in [0.717, 1.165) is 18.3 Å². The van der Waals surface area contributed by atoms with Crippen LogP contribution in [0.2, 0.25) is 0 Å². The normalized spacial score (nSPS) is 10.9. The fourth-order valence-corrected chi connectivity index (χ4v) is 5.05. The highest BCUT2D eigenvalue weighted by atomic mass is 127. The average Bonchev–Trinajstić information content (AvgIpc) is 2.78. The van der Waals surface area contributed by atoms with Gasteiger partial charge in [-0.15, -0.1) is 0 Å². The first-order chi connectivity index (χ1) is 15.8. The van der Waals surface area contributed by atoms with Crippen LogP contribution >= 0.6 is 45.2 Å². The van der Waals surface area contributed by atoms with E-state index in [0.29, 0.717) is 17.0 Å². The number of nitrogens with one attached hydrogen (secondary N) is 1. The number of carboxylic acid groups (broad SMARTS) is 1. The lowest BCUT2D eigenvalue weighted by atomic mass is 10.1. The fraction of sp³-hybridized carbons (Fsp3) is 0.0800. The smallest absolute Gasteiger partial charge is 0.335 e. The molecular weight excluding hydrogens is 646 g/mol. The van der Waals surface area contributed by atoms with Gasteiger partial charge in [-0.25, -0.2) is 4.79 Å². The van der Waals surface area contributed by atoms with Crippen LogP contribution in [-0.2, 0) is 11.4 Å². The summed E-state index contributed by atoms with van der Waals surface area (Å²) in [5.41, 5.74) is 3.34. The third-order valence-corrected chi connectivity index (χ3v) is 6.28. The third-order valence-electron chi connectivity index (χ3n) is 4.67. The summed E-state index contributed by atoms with van der Waals surface area (Å²) in [5.74, 6) is -0.764. The summed E-state index contributed by atoms with van der Waals surface area (Å²) in [6, 6.07) is 19.5. The molecule has 166 valence electrons. The molecular formula is C25H18I2N2O4. The number of anilines is 1. The lowest BCUT2D eigenvalue weighted by Crippen LogP contribution is -2.14. The molecule has 0 aliphatic heterocycles. The Balaban J connectivity index is 1.75. The monoisotopic (exact) mass is 664 g/mol. The number of para-hydroxylation sites is 1. The predicted octanol–water partition coefficient (Wildman–Crippen LogP) is 6.03. The molecule has 0 saturated heterocycles. The quantitative estimate of drug-likeness (QED) is 0.183. The standard InChI is InChI=1S/C25H18I2N2O4/c1-15-4-2-3-5-22(15)29-24(30)19(13-28)10-17-11-20(26)23(21(27)12-17)33-14-16-6-8-18(9-7-16)25(31)32/h2-12H,14H2,1H3,(H,29,30)(H,31,32)/b19-10-. The number of carbonyl (C=O) groups excluding carboxylic acids is 1. The van der Waals surface area contributed by atoms with Crippen molar-refractivity contribution in [1.29, 1.82) is 5.26 Å². The van der Waals surface area contributed by atoms with Crippen molar-refractivity contribution >= 4 is 68.8 Å². The van der Waals surface area contributed by atoms with E-state index in [1.54, 1.807) is 24.3 Å². The number of carboxylic acids is 1. The zero-order valence-corrected chi connectivity index (χ0v) is 21.7. The van der Waals surface area contributed by atoms with Gasteiger partial charge in [0.2, 0.25) is 0 Å². The minimum absolute atomic E-state index is 0.00274. The van der Waals surface area contributed by atoms with Gasteiger partial charge in [-0.2, -0.15) is 5.26 Å². The van der Waals surface area contributed by atoms with Crippen molar-refractivity contribution in [2.24, 2.45) is 0 Å². The van der Waals surface area contributed by atoms with Gasteiger partial charge >= 0.3 is 5.97 Å². The summed E-state index contributed by atoms with van der Waals surface area (Å²) < 4.78 is 7.60. The van der Waals surface area contributed by atoms with Crippen LogP contribution in [-0.4, -0.2) is 17.0 Å². The van der Waals surface area contributed by atoms with Gasteiger partial charge in [0.1, 0.15) is 24.0 Å². The maximum Gasteiger partial charge on any atom is 0.335 e. The molecule has 0 bridgehead atoms. The molecule has 0 atom stereocenters. The van der Waals surface area contributed by atoms with E-state index in [4.69, 9.17) is 9.84 Å². The lowest BCUT2D eigenvalue weighted by Gasteiger charge is -2.12. The molecule has 2 N–H and O–H groups in total. The van der Waals surface area contributed by atoms with E-state index in [-0.39, 0.29) is 17.7 Å². The molecule has 0 aliphatic carbocycles. The lowest BCUT2D eigenvalue weighted by molar-refractivity contribution is -0.112. The average molecular weight is 664 g/mol. The molecule has 33 heavy (non-hydrogen) atoms. The molecule has 3 aromatic carbocycles. The molecule has 3 rings (SSSR count). The van der Waals surface area contributed by atoms with Crippen LogP contribution in [0.4, 0.5) is 5.69 Å². The van der Waals surface area contributed by atoms with Crippen molar-refractivity contribution in [3.05, 3.63) is 95.6 Å². The Kier molecular flexibility index (Phi) is 8.46. The number of halogens is 2. The molecule has 8 heteroatoms. The number of hydrogen-bond acceptors (Lipinski definition) is 4. The number of nitriles is 1. The first kappa shape index (κ1) is 24.7. The molecule has 0 aromatic heterocycles. The van der Waals surface area contributed by atoms with Crippen LogP contribution in [0.5, 0.6) is 5.75 Å². The van der Waals surface area contributed by atoms with Crippen molar-refractivity contribution in [1.82, 2.24) is 0 Å². The number of amides is 1. The van der Waals surface area contributed by atoms with E-state index in [1.165, 1.54) is 12.1 Å². The Hall–Kier alpha value is -2.91. The highest BCUT2D eigenvalue weighted by molar-refractivity contribution is 14.1. The summed E-state index contributed by atoms with van der Waals surface area (Å²) >= 11 is 4.29. The third kappa shape index (κ3) is 6.55. The number of aryl methyl sites for hydroxylation is 1. The topological polar surface area (TPSA) is 99.4 Å². The van der Waals surface area contributed by atoms with Gasteiger partial charge in [0, 0.05) is 5.69 Å². The summed E-state index contributed by atoms with van der Waals surface area (Å²) in [6.45, 7) is 2.17. The van der Waals surface area contributed by atoms with Crippen molar-refractivity contribution in [3.8, 4) is 11.8 Å². The Morgan fingerprint density at radius 2 is 1.73 bits per heavy atom. The predicted molar refractivity (Wildman–Crippen MR) is 143 cm³/mol. The van der Waals surface area contributed by atoms with Gasteiger partial charge in [-0.1, -0.05) is 30.3 Å². The van der Waals surface area contributed by atoms with Crippen molar-refractivity contribution < 1.29 is 19.4 Å². The minimum Gasteiger partial charge on any atom is -0.487 e. The number of aromatic carboxylic acids is 1. The number of benzene rings is 3. The van der Waals surface area contributed by atoms with E-state index in [2.05, 4.69) is 50.5 Å². The SMILES string of the molecule is Cc1ccccc1NC(=O)/C(C#N)=C\c1cc(I)c(OCc2ccc(C(=O)O)cc2)c(I)c1. The van der Waals surface area contributed by atoms with Gasteiger partial charge in [-0.3, -0.25) is 4.79 Å². The van der Waals surface area contributed by atoms with Crippen LogP contribution in [0.3, 0.4) is 0 Å². The zero-order valence-electron chi connectivity index (χ0n) is 17.4. The van der Waals surface area contributed by atoms with Gasteiger partial charge in [0.15, 0.2) is 0 Å². The van der Waals surface area contributed by atoms with Crippen molar-refractivity contribution in [3.63, 3.8) is 0 Å². The van der Waals surface area contributed by atoms with Crippen molar-refractivity contribution in [2.75, 3.05) is 5.32 Å². The molecule has 0 saturated carbocycles. The number of carbonyl (C=O) groups is 2. The second-order valence-corrected chi connectivity index (χ2v) is 9.37. The van der Waals surface area contributed by atoms with Crippen LogP contribution in [0.15, 0.2) is 66.2 Å². The number of hydrogen-bond donors (Lipinski definition) is 2. The van der Waals surface area contributed by atoms with Crippen LogP contribution < -0.4 is 10.1 Å². The summed E-state index contributed by atoms with van der Waals surface area (Å²) in [7, 11) is 0. The Labute approximate surface area is 218 Å². The number of rotatable bonds is 7. The summed E-state index contributed by atoms with van der Waals surface area (Å²) in [4.78, 5) is 23.6. The maximum atomic E-state index is 12.6. The molecule has 0 spiro atoms. The fourth-order valence-electron chi connectivity index (χ4n) is 2.92. The van der Waals surface area contributed by atoms with Gasteiger partial charge in [-0.05, 0) is 105 Å². The molecule has 3 aromatic rings. The van der Waals surface area contributed by atoms with E-state index in [1.807, 2.05) is 43.3 Å². The Morgan fingerprint density at radius 3 is 2.30 bits per heavy atom. The minimum atomic E-state index is -0.973. The van der Waals surface area contributed by atoms with Crippen LogP contribution in [0, 0.1) is 25.4 Å². The highest BCUT2D eigenvalue weighted by Gasteiger charge is 2.13. The van der Waals surface area contributed by atoms with E-state index >= 15 is 0 Å². The second kappa shape index (κ2) is 11.3. The molecule has 0 aliphatic rings. The molecule has 0 fully saturated rings. The number of ether oxygens (including phenoxy) is 1. The Morgan fingerprint density at radius 1 is 1.09 bits per heavy atom. The largest absolute Gasteiger partial charge is 0.487 e. The van der Waals surface area contributed by atoms with Crippen molar-refractivity contribution in [2.45, 2.75) is 13.5 Å². The van der Waals surface area contributed by atoms with Gasteiger partial charge in [0.25, 0.3) is 5.91 Å². The first-order valence-electron chi connectivity index (χ1n) is 9.71. The molecule has 1 amide bonds. The number of nitrogens with zero attached hydrogens (tertiary/aromatic N) is 1. The molecule has 6 nitrogen and oxygen atoms in total. The van der Waals surface area contributed by atoms with E-state index in [9.17, 15) is 14.9 Å². The maximum absolute atomic E-state index is 12.6. The van der Waals surface area contributed by atoms with Crippen LogP contribution in [0.1, 0.15) is 27.0 Å². The summed E-state index contributed by atoms with van der Waals surface area (Å²) in [6.07, 6.45) is 1.55. The highest BCUT2D eigenvalue weighted by Crippen LogP contribution is 2.30. The van der Waals surface area contributed by atoms with Gasteiger partial charge < -0.3 is 15.2 Å². The second-order valence-electron chi connectivity index (χ2n) is 7.04. The van der Waals surface area contributed by atoms with E-state index < -0.39 is 11.9 Å². The zero-order chi connectivity index (χ0) is 24.0. The van der Waals surface area contributed by atoms with Crippen LogP contribution in [0.25, 0.3) is 6.08 Å². The van der Waals surface area contributed by atoms with Gasteiger partial charge in [0.05, 0.1) is 12.7 Å².